The fraction of sp³-hybridized carbons (Fsp3) is 0.160. The van der Waals surface area contributed by atoms with Gasteiger partial charge in [-0.1, -0.05) is 41.9 Å². The van der Waals surface area contributed by atoms with E-state index in [1.807, 2.05) is 0 Å². The highest BCUT2D eigenvalue weighted by atomic mass is 35.5. The first-order valence-electron chi connectivity index (χ1n) is 11.0. The van der Waals surface area contributed by atoms with Crippen molar-refractivity contribution >= 4 is 34.8 Å². The second kappa shape index (κ2) is 10.7. The van der Waals surface area contributed by atoms with Gasteiger partial charge in [0.2, 0.25) is 11.8 Å². The van der Waals surface area contributed by atoms with E-state index in [0.29, 0.717) is 11.6 Å². The van der Waals surface area contributed by atoms with E-state index in [9.17, 15) is 37.3 Å². The van der Waals surface area contributed by atoms with Crippen molar-refractivity contribution in [1.82, 2.24) is 4.98 Å². The lowest BCUT2D eigenvalue weighted by atomic mass is 9.94. The highest BCUT2D eigenvalue weighted by molar-refractivity contribution is 6.32. The number of halogens is 5. The van der Waals surface area contributed by atoms with Crippen molar-refractivity contribution in [2.24, 2.45) is 5.92 Å². The van der Waals surface area contributed by atoms with Crippen LogP contribution >= 0.6 is 11.6 Å². The van der Waals surface area contributed by atoms with Gasteiger partial charge in [0.05, 0.1) is 27.1 Å². The van der Waals surface area contributed by atoms with Gasteiger partial charge in [-0.25, -0.2) is 9.29 Å². The number of hydrogen-bond acceptors (Lipinski definition) is 7. The molecule has 0 N–H and O–H groups in total. The zero-order valence-corrected chi connectivity index (χ0v) is 20.5. The molecule has 1 atom stereocenters. The van der Waals surface area contributed by atoms with E-state index in [0.717, 1.165) is 25.1 Å². The Morgan fingerprint density at radius 1 is 1.13 bits per heavy atom. The van der Waals surface area contributed by atoms with Crippen LogP contribution in [0.15, 0.2) is 66.2 Å². The molecule has 2 aromatic carbocycles. The van der Waals surface area contributed by atoms with E-state index < -0.39 is 57.5 Å². The molecule has 0 saturated heterocycles. The van der Waals surface area contributed by atoms with Crippen LogP contribution in [0, 0.1) is 21.8 Å². The van der Waals surface area contributed by atoms with Crippen molar-refractivity contribution in [2.75, 3.05) is 4.90 Å². The quantitative estimate of drug-likeness (QED) is 0.146. The maximum absolute atomic E-state index is 14.8. The standard InChI is InChI=1S/C25H16ClF4N3O6/c1-13-15(25(28,29)30)9-22(34)32(24(13)35)19-11-20(16(26)10-17(19)27)39-21-8-7-18(33(36)37)23(31-21)38-12-14-5-3-2-4-6-14/h2-11,13H,12H2,1H3. The van der Waals surface area contributed by atoms with E-state index in [-0.39, 0.29) is 34.2 Å². The monoisotopic (exact) mass is 565 g/mol. The van der Waals surface area contributed by atoms with Crippen LogP contribution in [0.3, 0.4) is 0 Å². The third kappa shape index (κ3) is 5.82. The van der Waals surface area contributed by atoms with E-state index in [4.69, 9.17) is 21.1 Å². The predicted molar refractivity (Wildman–Crippen MR) is 129 cm³/mol. The number of carbonyl (C=O) groups excluding carboxylic acids is 2. The molecule has 14 heteroatoms. The molecule has 0 fully saturated rings. The molecule has 2 amide bonds. The molecular weight excluding hydrogens is 550 g/mol. The summed E-state index contributed by atoms with van der Waals surface area (Å²) in [5.41, 5.74) is -1.86. The highest BCUT2D eigenvalue weighted by Crippen LogP contribution is 2.40. The minimum atomic E-state index is -4.94. The molecule has 0 radical (unpaired) electrons. The van der Waals surface area contributed by atoms with Gasteiger partial charge in [-0.15, -0.1) is 0 Å². The summed E-state index contributed by atoms with van der Waals surface area (Å²) >= 11 is 6.06. The summed E-state index contributed by atoms with van der Waals surface area (Å²) in [6.07, 6.45) is -4.72. The third-order valence-electron chi connectivity index (χ3n) is 5.57. The lowest BCUT2D eigenvalue weighted by Gasteiger charge is -2.30. The Hall–Kier alpha value is -4.52. The van der Waals surface area contributed by atoms with E-state index >= 15 is 0 Å². The minimum absolute atomic E-state index is 0.0651. The molecule has 202 valence electrons. The van der Waals surface area contributed by atoms with E-state index in [2.05, 4.69) is 4.98 Å². The smallest absolute Gasteiger partial charge is 0.413 e. The Kier molecular flexibility index (Phi) is 7.54. The average molecular weight is 566 g/mol. The number of alkyl halides is 3. The van der Waals surface area contributed by atoms with Crippen LogP contribution in [0.1, 0.15) is 12.5 Å². The van der Waals surface area contributed by atoms with Crippen molar-refractivity contribution in [2.45, 2.75) is 19.7 Å². The van der Waals surface area contributed by atoms with Crippen LogP contribution in [0.25, 0.3) is 0 Å². The average Bonchev–Trinajstić information content (AvgIpc) is 2.87. The molecule has 39 heavy (non-hydrogen) atoms. The summed E-state index contributed by atoms with van der Waals surface area (Å²) in [5, 5.41) is 11.1. The number of carbonyl (C=O) groups is 2. The fourth-order valence-electron chi connectivity index (χ4n) is 3.65. The molecule has 2 heterocycles. The van der Waals surface area contributed by atoms with Gasteiger partial charge in [0.1, 0.15) is 18.2 Å². The topological polar surface area (TPSA) is 112 Å². The van der Waals surface area contributed by atoms with Gasteiger partial charge < -0.3 is 9.47 Å². The van der Waals surface area contributed by atoms with Crippen LogP contribution in [0.5, 0.6) is 17.5 Å². The molecule has 1 aliphatic heterocycles. The number of nitrogens with zero attached hydrogens (tertiary/aromatic N) is 3. The van der Waals surface area contributed by atoms with Crippen LogP contribution in [-0.2, 0) is 16.2 Å². The van der Waals surface area contributed by atoms with Crippen molar-refractivity contribution in [3.8, 4) is 17.5 Å². The Morgan fingerprint density at radius 2 is 1.82 bits per heavy atom. The zero-order chi connectivity index (χ0) is 28.5. The molecular formula is C25H16ClF4N3O6. The van der Waals surface area contributed by atoms with Gasteiger partial charge in [-0.05, 0) is 18.6 Å². The highest BCUT2D eigenvalue weighted by Gasteiger charge is 2.46. The van der Waals surface area contributed by atoms with Gasteiger partial charge in [-0.3, -0.25) is 19.7 Å². The van der Waals surface area contributed by atoms with Gasteiger partial charge >= 0.3 is 11.9 Å². The fourth-order valence-corrected chi connectivity index (χ4v) is 3.84. The first kappa shape index (κ1) is 27.5. The molecule has 9 nitrogen and oxygen atoms in total. The number of rotatable bonds is 7. The summed E-state index contributed by atoms with van der Waals surface area (Å²) in [6, 6.07) is 12.4. The Morgan fingerprint density at radius 3 is 2.46 bits per heavy atom. The SMILES string of the molecule is CC1C(=O)N(c2cc(Oc3ccc([N+](=O)[O-])c(OCc4ccccc4)n3)c(Cl)cc2F)C(=O)C=C1C(F)(F)F. The summed E-state index contributed by atoms with van der Waals surface area (Å²) < 4.78 is 65.4. The lowest BCUT2D eigenvalue weighted by Crippen LogP contribution is -2.46. The van der Waals surface area contributed by atoms with Crippen LogP contribution in [0.2, 0.25) is 5.02 Å². The molecule has 0 saturated carbocycles. The predicted octanol–water partition coefficient (Wildman–Crippen LogP) is 6.15. The van der Waals surface area contributed by atoms with Crippen molar-refractivity contribution in [3.05, 3.63) is 92.8 Å². The van der Waals surface area contributed by atoms with Gasteiger partial charge in [0.15, 0.2) is 0 Å². The number of anilines is 1. The molecule has 0 bridgehead atoms. The maximum atomic E-state index is 14.8. The number of hydrogen-bond donors (Lipinski definition) is 0. The molecule has 0 aliphatic carbocycles. The number of imide groups is 1. The minimum Gasteiger partial charge on any atom is -0.468 e. The Bertz CT molecular complexity index is 1500. The first-order chi connectivity index (χ1) is 18.4. The van der Waals surface area contributed by atoms with Gasteiger partial charge in [0.25, 0.3) is 11.8 Å². The van der Waals surface area contributed by atoms with Crippen LogP contribution in [0.4, 0.5) is 28.9 Å². The number of ether oxygens (including phenoxy) is 2. The second-order valence-electron chi connectivity index (χ2n) is 8.17. The molecule has 4 rings (SSSR count). The van der Waals surface area contributed by atoms with Crippen molar-refractivity contribution in [3.63, 3.8) is 0 Å². The third-order valence-corrected chi connectivity index (χ3v) is 5.87. The molecule has 3 aromatic rings. The largest absolute Gasteiger partial charge is 0.468 e. The zero-order valence-electron chi connectivity index (χ0n) is 19.7. The number of benzene rings is 2. The van der Waals surface area contributed by atoms with Crippen LogP contribution < -0.4 is 14.4 Å². The first-order valence-corrected chi connectivity index (χ1v) is 11.4. The molecule has 1 aliphatic rings. The van der Waals surface area contributed by atoms with Crippen LogP contribution in [-0.4, -0.2) is 27.9 Å². The normalized spacial score (nSPS) is 15.7. The number of amides is 2. The van der Waals surface area contributed by atoms with Crippen molar-refractivity contribution in [1.29, 1.82) is 0 Å². The number of nitro groups is 1. The summed E-state index contributed by atoms with van der Waals surface area (Å²) in [7, 11) is 0. The van der Waals surface area contributed by atoms with Gasteiger partial charge in [0, 0.05) is 24.3 Å². The maximum Gasteiger partial charge on any atom is 0.413 e. The molecule has 0 spiro atoms. The summed E-state index contributed by atoms with van der Waals surface area (Å²) in [5.74, 6) is -6.74. The summed E-state index contributed by atoms with van der Waals surface area (Å²) in [4.78, 5) is 40.0. The van der Waals surface area contributed by atoms with E-state index in [1.54, 1.807) is 30.3 Å². The lowest BCUT2D eigenvalue weighted by molar-refractivity contribution is -0.386. The molecule has 1 unspecified atom stereocenters. The Labute approximate surface area is 222 Å². The molecule has 1 aromatic heterocycles. The second-order valence-corrected chi connectivity index (χ2v) is 8.58. The van der Waals surface area contributed by atoms with E-state index in [1.165, 1.54) is 0 Å². The Balaban J connectivity index is 1.66. The number of pyridine rings is 1. The number of aromatic nitrogens is 1. The summed E-state index contributed by atoms with van der Waals surface area (Å²) in [6.45, 7) is 0.870. The van der Waals surface area contributed by atoms with Crippen molar-refractivity contribution < 1.29 is 41.5 Å². The van der Waals surface area contributed by atoms with Gasteiger partial charge in [-0.2, -0.15) is 18.2 Å².